The summed E-state index contributed by atoms with van der Waals surface area (Å²) in [5.41, 5.74) is 0.894. The van der Waals surface area contributed by atoms with E-state index in [1.54, 1.807) is 30.3 Å². The molecular formula is C13H10BrNO3S. The van der Waals surface area contributed by atoms with Gasteiger partial charge in [0.1, 0.15) is 11.2 Å². The van der Waals surface area contributed by atoms with Crippen molar-refractivity contribution in [3.05, 3.63) is 58.6 Å². The van der Waals surface area contributed by atoms with Crippen LogP contribution in [0, 0.1) is 0 Å². The number of carbonyl (C=O) groups excluding carboxylic acids is 1. The molecule has 98 valence electrons. The Bertz CT molecular complexity index is 696. The molecule has 6 heteroatoms. The second-order valence-corrected chi connectivity index (χ2v) is 6.28. The Kier molecular flexibility index (Phi) is 4.01. The highest BCUT2D eigenvalue weighted by Crippen LogP contribution is 2.23. The minimum atomic E-state index is -3.65. The van der Waals surface area contributed by atoms with Gasteiger partial charge in [-0.1, -0.05) is 12.1 Å². The third-order valence-corrected chi connectivity index (χ3v) is 4.82. The van der Waals surface area contributed by atoms with Crippen LogP contribution in [-0.2, 0) is 10.0 Å². The van der Waals surface area contributed by atoms with Gasteiger partial charge in [0.05, 0.1) is 0 Å². The van der Waals surface area contributed by atoms with Gasteiger partial charge in [0.2, 0.25) is 0 Å². The molecule has 0 unspecified atom stereocenters. The van der Waals surface area contributed by atoms with E-state index in [0.29, 0.717) is 22.0 Å². The number of carbonyl (C=O) groups is 1. The molecule has 4 nitrogen and oxygen atoms in total. The minimum Gasteiger partial charge on any atom is -0.298 e. The van der Waals surface area contributed by atoms with Crippen LogP contribution in [0.3, 0.4) is 0 Å². The molecule has 0 spiro atoms. The van der Waals surface area contributed by atoms with Gasteiger partial charge < -0.3 is 0 Å². The van der Waals surface area contributed by atoms with Crippen molar-refractivity contribution in [2.24, 2.45) is 0 Å². The average Bonchev–Trinajstić information content (AvgIpc) is 2.39. The fourth-order valence-electron chi connectivity index (χ4n) is 1.50. The van der Waals surface area contributed by atoms with Crippen molar-refractivity contribution in [1.82, 2.24) is 0 Å². The van der Waals surface area contributed by atoms with Gasteiger partial charge >= 0.3 is 0 Å². The van der Waals surface area contributed by atoms with Crippen LogP contribution >= 0.6 is 15.9 Å². The van der Waals surface area contributed by atoms with E-state index in [9.17, 15) is 13.2 Å². The number of rotatable bonds is 4. The van der Waals surface area contributed by atoms with Crippen LogP contribution in [0.15, 0.2) is 57.9 Å². The molecule has 0 aliphatic heterocycles. The maximum absolute atomic E-state index is 12.2. The SMILES string of the molecule is O=Cc1ccc(NS(=O)(=O)c2ccccc2Br)cc1. The molecule has 2 aromatic rings. The van der Waals surface area contributed by atoms with Crippen LogP contribution in [0.25, 0.3) is 0 Å². The highest BCUT2D eigenvalue weighted by molar-refractivity contribution is 9.10. The second-order valence-electron chi connectivity index (χ2n) is 3.78. The lowest BCUT2D eigenvalue weighted by Crippen LogP contribution is -2.13. The number of aldehydes is 1. The second kappa shape index (κ2) is 5.54. The first-order chi connectivity index (χ1) is 9.03. The van der Waals surface area contributed by atoms with E-state index in [1.807, 2.05) is 0 Å². The number of anilines is 1. The highest BCUT2D eigenvalue weighted by atomic mass is 79.9. The molecular weight excluding hydrogens is 330 g/mol. The van der Waals surface area contributed by atoms with Gasteiger partial charge in [0.15, 0.2) is 0 Å². The van der Waals surface area contributed by atoms with E-state index in [2.05, 4.69) is 20.7 Å². The first-order valence-electron chi connectivity index (χ1n) is 5.35. The Hall–Kier alpha value is -1.66. The zero-order valence-corrected chi connectivity index (χ0v) is 12.1. The third kappa shape index (κ3) is 3.21. The predicted octanol–water partition coefficient (Wildman–Crippen LogP) is 3.06. The van der Waals surface area contributed by atoms with Crippen molar-refractivity contribution in [1.29, 1.82) is 0 Å². The first-order valence-corrected chi connectivity index (χ1v) is 7.63. The van der Waals surface area contributed by atoms with Gasteiger partial charge in [-0.05, 0) is 52.3 Å². The summed E-state index contributed by atoms with van der Waals surface area (Å²) in [6.07, 6.45) is 0.700. The van der Waals surface area contributed by atoms with Crippen LogP contribution in [0.5, 0.6) is 0 Å². The Labute approximate surface area is 119 Å². The van der Waals surface area contributed by atoms with Crippen LogP contribution in [0.4, 0.5) is 5.69 Å². The Morgan fingerprint density at radius 2 is 1.63 bits per heavy atom. The van der Waals surface area contributed by atoms with Crippen molar-refractivity contribution < 1.29 is 13.2 Å². The number of halogens is 1. The normalized spacial score (nSPS) is 11.0. The number of nitrogens with one attached hydrogen (secondary N) is 1. The molecule has 0 amide bonds. The van der Waals surface area contributed by atoms with Crippen LogP contribution in [0.2, 0.25) is 0 Å². The summed E-state index contributed by atoms with van der Waals surface area (Å²) in [5.74, 6) is 0. The van der Waals surface area contributed by atoms with E-state index in [4.69, 9.17) is 0 Å². The van der Waals surface area contributed by atoms with Crippen LogP contribution in [0.1, 0.15) is 10.4 Å². The molecule has 1 N–H and O–H groups in total. The quantitative estimate of drug-likeness (QED) is 0.870. The van der Waals surface area contributed by atoms with E-state index in [-0.39, 0.29) is 4.90 Å². The van der Waals surface area contributed by atoms with Crippen molar-refractivity contribution in [2.45, 2.75) is 4.90 Å². The molecule has 0 aromatic heterocycles. The minimum absolute atomic E-state index is 0.162. The molecule has 0 atom stereocenters. The largest absolute Gasteiger partial charge is 0.298 e. The Morgan fingerprint density at radius 1 is 1.00 bits per heavy atom. The molecule has 0 fully saturated rings. The molecule has 0 saturated heterocycles. The van der Waals surface area contributed by atoms with E-state index < -0.39 is 10.0 Å². The Morgan fingerprint density at radius 3 is 2.21 bits per heavy atom. The number of benzene rings is 2. The standard InChI is InChI=1S/C13H10BrNO3S/c14-12-3-1-2-4-13(12)19(17,18)15-11-7-5-10(9-16)6-8-11/h1-9,15H. The molecule has 0 aliphatic carbocycles. The van der Waals surface area contributed by atoms with E-state index >= 15 is 0 Å². The summed E-state index contributed by atoms with van der Waals surface area (Å²) in [5, 5.41) is 0. The summed E-state index contributed by atoms with van der Waals surface area (Å²) in [6.45, 7) is 0. The van der Waals surface area contributed by atoms with Crippen LogP contribution in [-0.4, -0.2) is 14.7 Å². The first kappa shape index (κ1) is 13.8. The maximum Gasteiger partial charge on any atom is 0.263 e. The molecule has 0 aliphatic rings. The topological polar surface area (TPSA) is 63.2 Å². The van der Waals surface area contributed by atoms with E-state index in [0.717, 1.165) is 0 Å². The molecule has 2 aromatic carbocycles. The molecule has 0 heterocycles. The molecule has 0 saturated carbocycles. The van der Waals surface area contributed by atoms with Crippen molar-refractivity contribution in [3.63, 3.8) is 0 Å². The number of hydrogen-bond acceptors (Lipinski definition) is 3. The molecule has 0 bridgehead atoms. The fourth-order valence-corrected chi connectivity index (χ4v) is 3.57. The van der Waals surface area contributed by atoms with Crippen molar-refractivity contribution >= 4 is 37.9 Å². The van der Waals surface area contributed by atoms with Gasteiger partial charge in [-0.2, -0.15) is 0 Å². The zero-order chi connectivity index (χ0) is 13.9. The van der Waals surface area contributed by atoms with Crippen LogP contribution < -0.4 is 4.72 Å². The van der Waals surface area contributed by atoms with Gasteiger partial charge in [0, 0.05) is 15.7 Å². The monoisotopic (exact) mass is 339 g/mol. The summed E-state index contributed by atoms with van der Waals surface area (Å²) in [6, 6.07) is 12.7. The summed E-state index contributed by atoms with van der Waals surface area (Å²) < 4.78 is 27.3. The fraction of sp³-hybridized carbons (Fsp3) is 0. The average molecular weight is 340 g/mol. The molecule has 2 rings (SSSR count). The zero-order valence-electron chi connectivity index (χ0n) is 9.71. The van der Waals surface area contributed by atoms with Gasteiger partial charge in [-0.15, -0.1) is 0 Å². The Balaban J connectivity index is 2.31. The smallest absolute Gasteiger partial charge is 0.263 e. The highest BCUT2D eigenvalue weighted by Gasteiger charge is 2.16. The molecule has 0 radical (unpaired) electrons. The lowest BCUT2D eigenvalue weighted by atomic mass is 10.2. The lowest BCUT2D eigenvalue weighted by molar-refractivity contribution is 0.112. The van der Waals surface area contributed by atoms with Crippen molar-refractivity contribution in [2.75, 3.05) is 4.72 Å². The number of sulfonamides is 1. The third-order valence-electron chi connectivity index (χ3n) is 2.43. The lowest BCUT2D eigenvalue weighted by Gasteiger charge is -2.09. The molecule has 19 heavy (non-hydrogen) atoms. The van der Waals surface area contributed by atoms with Gasteiger partial charge in [-0.3, -0.25) is 9.52 Å². The summed E-state index contributed by atoms with van der Waals surface area (Å²) >= 11 is 3.20. The van der Waals surface area contributed by atoms with Gasteiger partial charge in [-0.25, -0.2) is 8.42 Å². The van der Waals surface area contributed by atoms with Gasteiger partial charge in [0.25, 0.3) is 10.0 Å². The summed E-state index contributed by atoms with van der Waals surface area (Å²) in [4.78, 5) is 10.7. The van der Waals surface area contributed by atoms with E-state index in [1.165, 1.54) is 18.2 Å². The summed E-state index contributed by atoms with van der Waals surface area (Å²) in [7, 11) is -3.65. The number of hydrogen-bond donors (Lipinski definition) is 1. The maximum atomic E-state index is 12.2. The van der Waals surface area contributed by atoms with Crippen molar-refractivity contribution in [3.8, 4) is 0 Å². The predicted molar refractivity (Wildman–Crippen MR) is 76.8 cm³/mol.